The Kier molecular flexibility index (Phi) is 4.39. The molecule has 2 nitrogen and oxygen atoms in total. The molecule has 0 spiro atoms. The molecule has 0 saturated heterocycles. The van der Waals surface area contributed by atoms with Crippen LogP contribution in [0.3, 0.4) is 0 Å². The fourth-order valence-electron chi connectivity index (χ4n) is 2.00. The lowest BCUT2D eigenvalue weighted by molar-refractivity contribution is 0.138. The second-order valence-corrected chi connectivity index (χ2v) is 5.28. The van der Waals surface area contributed by atoms with Crippen molar-refractivity contribution in [1.29, 1.82) is 0 Å². The van der Waals surface area contributed by atoms with E-state index in [4.69, 9.17) is 5.73 Å². The van der Waals surface area contributed by atoms with E-state index < -0.39 is 0 Å². The van der Waals surface area contributed by atoms with E-state index in [-0.39, 0.29) is 0 Å². The molecule has 1 aliphatic rings. The van der Waals surface area contributed by atoms with Gasteiger partial charge in [0.05, 0.1) is 0 Å². The van der Waals surface area contributed by atoms with Crippen LogP contribution in [0.1, 0.15) is 40.5 Å². The lowest BCUT2D eigenvalue weighted by atomic mass is 10.0. The molecule has 0 amide bonds. The van der Waals surface area contributed by atoms with Gasteiger partial charge in [0, 0.05) is 18.6 Å². The van der Waals surface area contributed by atoms with Gasteiger partial charge in [-0.05, 0) is 38.1 Å². The molecule has 0 aromatic rings. The predicted molar refractivity (Wildman–Crippen MR) is 62.2 cm³/mol. The zero-order valence-corrected chi connectivity index (χ0v) is 10.2. The van der Waals surface area contributed by atoms with E-state index in [1.165, 1.54) is 19.4 Å². The van der Waals surface area contributed by atoms with Crippen LogP contribution in [0.4, 0.5) is 0 Å². The third kappa shape index (κ3) is 3.25. The number of nitrogens with zero attached hydrogens (tertiary/aromatic N) is 1. The van der Waals surface area contributed by atoms with Crippen molar-refractivity contribution in [2.24, 2.45) is 17.6 Å². The molecule has 2 atom stereocenters. The molecule has 1 rings (SSSR count). The summed E-state index contributed by atoms with van der Waals surface area (Å²) in [6, 6.07) is 1.51. The first-order chi connectivity index (χ1) is 6.56. The first-order valence-electron chi connectivity index (χ1n) is 6.02. The van der Waals surface area contributed by atoms with Crippen LogP contribution < -0.4 is 5.73 Å². The summed E-state index contributed by atoms with van der Waals surface area (Å²) in [5.74, 6) is 1.39. The fraction of sp³-hybridized carbons (Fsp3) is 1.00. The Morgan fingerprint density at radius 2 is 1.79 bits per heavy atom. The molecule has 0 aromatic heterocycles. The molecule has 14 heavy (non-hydrogen) atoms. The van der Waals surface area contributed by atoms with Gasteiger partial charge in [-0.25, -0.2) is 0 Å². The van der Waals surface area contributed by atoms with Gasteiger partial charge in [0.2, 0.25) is 0 Å². The number of nitrogens with two attached hydrogens (primary N) is 1. The highest BCUT2D eigenvalue weighted by Gasteiger charge is 2.33. The predicted octanol–water partition coefficient (Wildman–Crippen LogP) is 2.09. The summed E-state index contributed by atoms with van der Waals surface area (Å²) in [4.78, 5) is 2.67. The van der Waals surface area contributed by atoms with E-state index in [0.717, 1.165) is 18.5 Å². The molecule has 1 saturated carbocycles. The third-order valence-electron chi connectivity index (χ3n) is 3.31. The van der Waals surface area contributed by atoms with E-state index in [1.807, 2.05) is 0 Å². The molecular weight excluding hydrogens is 172 g/mol. The van der Waals surface area contributed by atoms with Gasteiger partial charge >= 0.3 is 0 Å². The second kappa shape index (κ2) is 5.13. The Balaban J connectivity index is 2.48. The molecule has 0 bridgehead atoms. The normalized spacial score (nSPS) is 21.6. The van der Waals surface area contributed by atoms with Gasteiger partial charge < -0.3 is 5.73 Å². The van der Waals surface area contributed by atoms with Gasteiger partial charge in [-0.15, -0.1) is 0 Å². The Bertz CT molecular complexity index is 164. The minimum atomic E-state index is 0.620. The molecule has 2 N–H and O–H groups in total. The van der Waals surface area contributed by atoms with Crippen LogP contribution >= 0.6 is 0 Å². The molecule has 2 unspecified atom stereocenters. The summed E-state index contributed by atoms with van der Waals surface area (Å²) in [6.07, 6.45) is 2.79. The zero-order chi connectivity index (χ0) is 10.7. The maximum Gasteiger partial charge on any atom is 0.0108 e. The molecule has 0 radical (unpaired) electrons. The van der Waals surface area contributed by atoms with Crippen LogP contribution in [-0.4, -0.2) is 30.1 Å². The van der Waals surface area contributed by atoms with Crippen molar-refractivity contribution < 1.29 is 0 Å². The van der Waals surface area contributed by atoms with Crippen molar-refractivity contribution in [2.75, 3.05) is 13.1 Å². The van der Waals surface area contributed by atoms with Gasteiger partial charge in [0.15, 0.2) is 0 Å². The fourth-order valence-corrected chi connectivity index (χ4v) is 2.00. The van der Waals surface area contributed by atoms with Crippen LogP contribution in [-0.2, 0) is 0 Å². The number of hydrogen-bond acceptors (Lipinski definition) is 2. The standard InChI is InChI=1S/C12H26N2/c1-9(2)8-14(12-5-6-12)11(4)10(3)7-13/h9-12H,5-8,13H2,1-4H3. The Hall–Kier alpha value is -0.0800. The summed E-state index contributed by atoms with van der Waals surface area (Å²) in [5, 5.41) is 0. The molecule has 1 aliphatic carbocycles. The molecule has 2 heteroatoms. The molecule has 0 heterocycles. The SMILES string of the molecule is CC(C)CN(C1CC1)C(C)C(C)CN. The first kappa shape index (κ1) is 12.0. The Morgan fingerprint density at radius 3 is 2.14 bits per heavy atom. The van der Waals surface area contributed by atoms with Crippen molar-refractivity contribution in [1.82, 2.24) is 4.90 Å². The summed E-state index contributed by atoms with van der Waals surface area (Å²) in [6.45, 7) is 11.2. The molecule has 0 aliphatic heterocycles. The highest BCUT2D eigenvalue weighted by atomic mass is 15.2. The monoisotopic (exact) mass is 198 g/mol. The van der Waals surface area contributed by atoms with Gasteiger partial charge in [-0.3, -0.25) is 4.90 Å². The lowest BCUT2D eigenvalue weighted by Gasteiger charge is -2.34. The molecular formula is C12H26N2. The minimum Gasteiger partial charge on any atom is -0.330 e. The smallest absolute Gasteiger partial charge is 0.0108 e. The second-order valence-electron chi connectivity index (χ2n) is 5.28. The van der Waals surface area contributed by atoms with Crippen molar-refractivity contribution >= 4 is 0 Å². The van der Waals surface area contributed by atoms with Gasteiger partial charge in [-0.1, -0.05) is 20.8 Å². The van der Waals surface area contributed by atoms with Crippen molar-refractivity contribution in [3.8, 4) is 0 Å². The van der Waals surface area contributed by atoms with Crippen LogP contribution in [0.25, 0.3) is 0 Å². The van der Waals surface area contributed by atoms with E-state index >= 15 is 0 Å². The summed E-state index contributed by atoms with van der Waals surface area (Å²) >= 11 is 0. The number of hydrogen-bond donors (Lipinski definition) is 1. The van der Waals surface area contributed by atoms with E-state index in [9.17, 15) is 0 Å². The van der Waals surface area contributed by atoms with Gasteiger partial charge in [0.1, 0.15) is 0 Å². The average molecular weight is 198 g/mol. The lowest BCUT2D eigenvalue weighted by Crippen LogP contribution is -2.43. The summed E-state index contributed by atoms with van der Waals surface area (Å²) in [7, 11) is 0. The Labute approximate surface area is 88.8 Å². The van der Waals surface area contributed by atoms with Gasteiger partial charge in [-0.2, -0.15) is 0 Å². The highest BCUT2D eigenvalue weighted by Crippen LogP contribution is 2.31. The zero-order valence-electron chi connectivity index (χ0n) is 10.2. The van der Waals surface area contributed by atoms with E-state index in [2.05, 4.69) is 32.6 Å². The van der Waals surface area contributed by atoms with Crippen LogP contribution in [0.2, 0.25) is 0 Å². The van der Waals surface area contributed by atoms with E-state index in [1.54, 1.807) is 0 Å². The van der Waals surface area contributed by atoms with Crippen LogP contribution in [0.5, 0.6) is 0 Å². The van der Waals surface area contributed by atoms with Crippen LogP contribution in [0, 0.1) is 11.8 Å². The van der Waals surface area contributed by atoms with Crippen LogP contribution in [0.15, 0.2) is 0 Å². The Morgan fingerprint density at radius 1 is 1.21 bits per heavy atom. The average Bonchev–Trinajstić information content (AvgIpc) is 2.94. The van der Waals surface area contributed by atoms with Crippen molar-refractivity contribution in [3.05, 3.63) is 0 Å². The molecule has 84 valence electrons. The third-order valence-corrected chi connectivity index (χ3v) is 3.31. The van der Waals surface area contributed by atoms with Crippen molar-refractivity contribution in [3.63, 3.8) is 0 Å². The first-order valence-corrected chi connectivity index (χ1v) is 6.02. The summed E-state index contributed by atoms with van der Waals surface area (Å²) in [5.41, 5.74) is 5.74. The maximum absolute atomic E-state index is 5.74. The highest BCUT2D eigenvalue weighted by molar-refractivity contribution is 4.89. The number of rotatable bonds is 6. The quantitative estimate of drug-likeness (QED) is 0.708. The molecule has 1 fully saturated rings. The van der Waals surface area contributed by atoms with E-state index in [0.29, 0.717) is 12.0 Å². The van der Waals surface area contributed by atoms with Crippen molar-refractivity contribution in [2.45, 2.75) is 52.6 Å². The summed E-state index contributed by atoms with van der Waals surface area (Å²) < 4.78 is 0. The topological polar surface area (TPSA) is 29.3 Å². The maximum atomic E-state index is 5.74. The minimum absolute atomic E-state index is 0.620. The largest absolute Gasteiger partial charge is 0.330 e. The van der Waals surface area contributed by atoms with Gasteiger partial charge in [0.25, 0.3) is 0 Å². The molecule has 0 aromatic carbocycles.